The highest BCUT2D eigenvalue weighted by atomic mass is 19.4. The van der Waals surface area contributed by atoms with E-state index in [9.17, 15) is 23.1 Å². The Balaban J connectivity index is 2.50. The van der Waals surface area contributed by atoms with E-state index in [1.807, 2.05) is 6.92 Å². The van der Waals surface area contributed by atoms with E-state index in [2.05, 4.69) is 5.16 Å². The summed E-state index contributed by atoms with van der Waals surface area (Å²) in [7, 11) is 0. The normalized spacial score (nSPS) is 13.4. The number of rotatable bonds is 6. The van der Waals surface area contributed by atoms with E-state index in [-0.39, 0.29) is 22.8 Å². The lowest BCUT2D eigenvalue weighted by Crippen LogP contribution is -2.25. The quantitative estimate of drug-likeness (QED) is 0.724. The van der Waals surface area contributed by atoms with Gasteiger partial charge in [0.15, 0.2) is 5.76 Å². The van der Waals surface area contributed by atoms with Crippen molar-refractivity contribution in [2.24, 2.45) is 5.41 Å². The van der Waals surface area contributed by atoms with Gasteiger partial charge in [0.25, 0.3) is 0 Å². The number of aliphatic carboxylic acids is 1. The Morgan fingerprint density at radius 1 is 1.26 bits per heavy atom. The van der Waals surface area contributed by atoms with Crippen molar-refractivity contribution >= 4 is 5.97 Å². The van der Waals surface area contributed by atoms with Crippen LogP contribution < -0.4 is 4.74 Å². The molecule has 5 nitrogen and oxygen atoms in total. The van der Waals surface area contributed by atoms with Crippen molar-refractivity contribution in [1.82, 2.24) is 5.16 Å². The minimum absolute atomic E-state index is 0.00411. The molecule has 0 aliphatic heterocycles. The third-order valence-electron chi connectivity index (χ3n) is 3.97. The molecule has 1 N–H and O–H groups in total. The van der Waals surface area contributed by atoms with Crippen molar-refractivity contribution in [3.05, 3.63) is 35.6 Å². The highest BCUT2D eigenvalue weighted by Crippen LogP contribution is 2.41. The van der Waals surface area contributed by atoms with E-state index in [0.717, 1.165) is 6.07 Å². The molecule has 1 heterocycles. The fraction of sp³-hybridized carbons (Fsp3) is 0.474. The molecule has 8 heteroatoms. The van der Waals surface area contributed by atoms with Gasteiger partial charge in [-0.15, -0.1) is 0 Å². The summed E-state index contributed by atoms with van der Waals surface area (Å²) in [6.07, 6.45) is -3.96. The maximum Gasteiger partial charge on any atom is 0.417 e. The first-order valence-electron chi connectivity index (χ1n) is 8.49. The molecule has 2 rings (SSSR count). The summed E-state index contributed by atoms with van der Waals surface area (Å²) in [5, 5.41) is 13.2. The van der Waals surface area contributed by atoms with Gasteiger partial charge in [-0.2, -0.15) is 13.2 Å². The number of hydrogen-bond donors (Lipinski definition) is 1. The maximum atomic E-state index is 13.5. The topological polar surface area (TPSA) is 72.6 Å². The van der Waals surface area contributed by atoms with Crippen LogP contribution >= 0.6 is 0 Å². The third-order valence-corrected chi connectivity index (χ3v) is 3.97. The number of hydrogen-bond acceptors (Lipinski definition) is 4. The highest BCUT2D eigenvalue weighted by Gasteiger charge is 2.38. The molecular weight excluding hydrogens is 363 g/mol. The number of carbonyl (C=O) groups is 1. The molecule has 1 aromatic carbocycles. The molecule has 1 atom stereocenters. The monoisotopic (exact) mass is 385 g/mol. The minimum Gasteiger partial charge on any atom is -0.494 e. The van der Waals surface area contributed by atoms with E-state index in [1.54, 1.807) is 20.8 Å². The molecule has 27 heavy (non-hydrogen) atoms. The first kappa shape index (κ1) is 20.8. The Labute approximate surface area is 155 Å². The molecule has 0 radical (unpaired) electrons. The van der Waals surface area contributed by atoms with Gasteiger partial charge in [0.05, 0.1) is 12.2 Å². The number of carboxylic acid groups (broad SMARTS) is 1. The molecule has 148 valence electrons. The first-order chi connectivity index (χ1) is 12.4. The van der Waals surface area contributed by atoms with Crippen LogP contribution in [0, 0.1) is 5.41 Å². The zero-order valence-electron chi connectivity index (χ0n) is 15.6. The van der Waals surface area contributed by atoms with Gasteiger partial charge in [0.1, 0.15) is 17.4 Å². The summed E-state index contributed by atoms with van der Waals surface area (Å²) in [4.78, 5) is 11.6. The van der Waals surface area contributed by atoms with Crippen LogP contribution in [0.5, 0.6) is 5.75 Å². The summed E-state index contributed by atoms with van der Waals surface area (Å²) in [6.45, 7) is 7.26. The van der Waals surface area contributed by atoms with Gasteiger partial charge < -0.3 is 14.4 Å². The minimum atomic E-state index is -4.63. The van der Waals surface area contributed by atoms with Crippen LogP contribution in [0.3, 0.4) is 0 Å². The molecule has 0 aliphatic rings. The number of carboxylic acids is 1. The van der Waals surface area contributed by atoms with Crippen molar-refractivity contribution in [2.75, 3.05) is 6.61 Å². The van der Waals surface area contributed by atoms with Gasteiger partial charge in [0, 0.05) is 11.6 Å². The lowest BCUT2D eigenvalue weighted by atomic mass is 9.79. The predicted molar refractivity (Wildman–Crippen MR) is 92.6 cm³/mol. The van der Waals surface area contributed by atoms with Crippen molar-refractivity contribution < 1.29 is 32.3 Å². The Morgan fingerprint density at radius 2 is 1.93 bits per heavy atom. The van der Waals surface area contributed by atoms with Gasteiger partial charge >= 0.3 is 12.1 Å². The molecular formula is C19H22F3NO4. The van der Waals surface area contributed by atoms with E-state index in [4.69, 9.17) is 9.26 Å². The number of halogens is 3. The molecule has 1 unspecified atom stereocenters. The maximum absolute atomic E-state index is 13.5. The molecule has 2 aromatic rings. The zero-order chi connectivity index (χ0) is 20.4. The van der Waals surface area contributed by atoms with Gasteiger partial charge in [-0.3, -0.25) is 4.79 Å². The van der Waals surface area contributed by atoms with Crippen molar-refractivity contribution in [2.45, 2.75) is 46.2 Å². The predicted octanol–water partition coefficient (Wildman–Crippen LogP) is 5.36. The Bertz CT molecular complexity index is 806. The van der Waals surface area contributed by atoms with Crippen LogP contribution in [0.2, 0.25) is 0 Å². The molecule has 0 saturated heterocycles. The first-order valence-corrected chi connectivity index (χ1v) is 8.49. The molecule has 0 aliphatic carbocycles. The largest absolute Gasteiger partial charge is 0.494 e. The summed E-state index contributed by atoms with van der Waals surface area (Å²) in [5.74, 6) is -2.07. The zero-order valence-corrected chi connectivity index (χ0v) is 15.6. The average molecular weight is 385 g/mol. The number of benzene rings is 1. The third kappa shape index (κ3) is 4.81. The van der Waals surface area contributed by atoms with Crippen molar-refractivity contribution in [3.8, 4) is 17.0 Å². The Morgan fingerprint density at radius 3 is 2.44 bits per heavy atom. The van der Waals surface area contributed by atoms with Crippen LogP contribution in [0.15, 0.2) is 28.8 Å². The molecule has 0 amide bonds. The highest BCUT2D eigenvalue weighted by molar-refractivity contribution is 5.77. The van der Waals surface area contributed by atoms with Gasteiger partial charge in [0.2, 0.25) is 0 Å². The smallest absolute Gasteiger partial charge is 0.417 e. The van der Waals surface area contributed by atoms with Crippen LogP contribution in [0.4, 0.5) is 13.2 Å². The number of ether oxygens (including phenoxy) is 1. The second-order valence-electron chi connectivity index (χ2n) is 7.31. The van der Waals surface area contributed by atoms with E-state index in [0.29, 0.717) is 13.0 Å². The molecule has 0 bridgehead atoms. The summed E-state index contributed by atoms with van der Waals surface area (Å²) >= 11 is 0. The Kier molecular flexibility index (Phi) is 5.87. The van der Waals surface area contributed by atoms with Crippen LogP contribution in [-0.4, -0.2) is 22.8 Å². The van der Waals surface area contributed by atoms with Crippen LogP contribution in [0.1, 0.15) is 51.4 Å². The summed E-state index contributed by atoms with van der Waals surface area (Å²) in [5.41, 5.74) is -1.89. The lowest BCUT2D eigenvalue weighted by molar-refractivity contribution is -0.142. The van der Waals surface area contributed by atoms with E-state index < -0.39 is 29.0 Å². The van der Waals surface area contributed by atoms with E-state index >= 15 is 0 Å². The number of aromatic nitrogens is 1. The van der Waals surface area contributed by atoms with Gasteiger partial charge in [-0.1, -0.05) is 32.9 Å². The second-order valence-corrected chi connectivity index (χ2v) is 7.31. The van der Waals surface area contributed by atoms with Gasteiger partial charge in [-0.05, 0) is 30.0 Å². The fourth-order valence-corrected chi connectivity index (χ4v) is 2.76. The second kappa shape index (κ2) is 7.62. The standard InChI is InChI=1S/C19H22F3NO4/c1-5-8-26-11-6-7-12(13(9-11)19(20,21)22)14-10-15(27-23-14)16(17(24)25)18(2,3)4/h6-7,9-10,16H,5,8H2,1-4H3,(H,24,25). The fourth-order valence-electron chi connectivity index (χ4n) is 2.76. The Hall–Kier alpha value is -2.51. The van der Waals surface area contributed by atoms with Crippen LogP contribution in [0.25, 0.3) is 11.3 Å². The molecule has 1 aromatic heterocycles. The molecule has 0 spiro atoms. The number of nitrogens with zero attached hydrogens (tertiary/aromatic N) is 1. The summed E-state index contributed by atoms with van der Waals surface area (Å²) < 4.78 is 50.9. The SMILES string of the molecule is CCCOc1ccc(-c2cc(C(C(=O)O)C(C)(C)C)on2)c(C(F)(F)F)c1. The lowest BCUT2D eigenvalue weighted by Gasteiger charge is -2.24. The molecule has 0 fully saturated rings. The van der Waals surface area contributed by atoms with E-state index in [1.165, 1.54) is 18.2 Å². The van der Waals surface area contributed by atoms with Crippen molar-refractivity contribution in [1.29, 1.82) is 0 Å². The van der Waals surface area contributed by atoms with Crippen LogP contribution in [-0.2, 0) is 11.0 Å². The summed E-state index contributed by atoms with van der Waals surface area (Å²) in [6, 6.07) is 4.84. The van der Waals surface area contributed by atoms with Gasteiger partial charge in [-0.25, -0.2) is 0 Å². The number of alkyl halides is 3. The molecule has 0 saturated carbocycles. The van der Waals surface area contributed by atoms with Crippen molar-refractivity contribution in [3.63, 3.8) is 0 Å². The average Bonchev–Trinajstić information content (AvgIpc) is 2.99.